The number of primary amides is 1. The second-order valence-electron chi connectivity index (χ2n) is 2.60. The van der Waals surface area contributed by atoms with Gasteiger partial charge in [0.15, 0.2) is 0 Å². The summed E-state index contributed by atoms with van der Waals surface area (Å²) in [6.45, 7) is 3.65. The van der Waals surface area contributed by atoms with Gasteiger partial charge in [0.2, 0.25) is 0 Å². The van der Waals surface area contributed by atoms with Crippen LogP contribution in [0.5, 0.6) is 0 Å². The fourth-order valence-electron chi connectivity index (χ4n) is 0.257. The highest BCUT2D eigenvalue weighted by Crippen LogP contribution is 1.95. The van der Waals surface area contributed by atoms with E-state index in [0.29, 0.717) is 0 Å². The standard InChI is InChI=1S/C5H12N2O2/c1-5(2,7)3-9-4(6)8/h3,7H2,1-2H3,(H2,6,8). The Morgan fingerprint density at radius 2 is 2.11 bits per heavy atom. The number of carbonyl (C=O) groups is 1. The number of hydrogen-bond acceptors (Lipinski definition) is 3. The molecule has 0 rings (SSSR count). The predicted octanol–water partition coefficient (Wildman–Crippen LogP) is -0.181. The van der Waals surface area contributed by atoms with Gasteiger partial charge >= 0.3 is 6.09 Å². The molecule has 0 unspecified atom stereocenters. The number of rotatable bonds is 2. The van der Waals surface area contributed by atoms with Crippen molar-refractivity contribution in [3.05, 3.63) is 0 Å². The Morgan fingerprint density at radius 3 is 2.22 bits per heavy atom. The Balaban J connectivity index is 3.39. The smallest absolute Gasteiger partial charge is 0.404 e. The molecule has 0 aromatic carbocycles. The summed E-state index contributed by atoms with van der Waals surface area (Å²) in [5, 5.41) is 0. The molecule has 4 heteroatoms. The zero-order chi connectivity index (χ0) is 7.49. The van der Waals surface area contributed by atoms with Gasteiger partial charge in [-0.05, 0) is 13.8 Å². The zero-order valence-electron chi connectivity index (χ0n) is 5.68. The molecule has 0 aliphatic rings. The zero-order valence-corrected chi connectivity index (χ0v) is 5.68. The van der Waals surface area contributed by atoms with E-state index < -0.39 is 11.6 Å². The van der Waals surface area contributed by atoms with Crippen molar-refractivity contribution in [1.29, 1.82) is 0 Å². The third-order valence-corrected chi connectivity index (χ3v) is 0.586. The Labute approximate surface area is 54.2 Å². The van der Waals surface area contributed by atoms with Crippen molar-refractivity contribution in [1.82, 2.24) is 0 Å². The van der Waals surface area contributed by atoms with E-state index in [4.69, 9.17) is 5.73 Å². The van der Waals surface area contributed by atoms with E-state index >= 15 is 0 Å². The molecule has 0 heterocycles. The molecule has 1 amide bonds. The van der Waals surface area contributed by atoms with Crippen LogP contribution in [0.25, 0.3) is 0 Å². The summed E-state index contributed by atoms with van der Waals surface area (Å²) in [5.74, 6) is 0. The second-order valence-corrected chi connectivity index (χ2v) is 2.60. The van der Waals surface area contributed by atoms with E-state index in [2.05, 4.69) is 10.5 Å². The number of amides is 1. The second kappa shape index (κ2) is 2.68. The van der Waals surface area contributed by atoms with Gasteiger partial charge in [-0.25, -0.2) is 4.79 Å². The highest BCUT2D eigenvalue weighted by molar-refractivity contribution is 5.64. The Morgan fingerprint density at radius 1 is 1.67 bits per heavy atom. The third-order valence-electron chi connectivity index (χ3n) is 0.586. The molecule has 0 bridgehead atoms. The van der Waals surface area contributed by atoms with Crippen LogP contribution < -0.4 is 11.5 Å². The fraction of sp³-hybridized carbons (Fsp3) is 0.800. The minimum absolute atomic E-state index is 0.155. The van der Waals surface area contributed by atoms with Crippen molar-refractivity contribution in [2.45, 2.75) is 19.4 Å². The van der Waals surface area contributed by atoms with Crippen molar-refractivity contribution in [3.63, 3.8) is 0 Å². The van der Waals surface area contributed by atoms with Gasteiger partial charge in [-0.2, -0.15) is 0 Å². The predicted molar refractivity (Wildman–Crippen MR) is 33.8 cm³/mol. The molecule has 0 aromatic rings. The van der Waals surface area contributed by atoms with Gasteiger partial charge in [0.1, 0.15) is 6.61 Å². The third kappa shape index (κ3) is 7.23. The average molecular weight is 132 g/mol. The first-order valence-electron chi connectivity index (χ1n) is 2.63. The molecule has 0 atom stereocenters. The Bertz CT molecular complexity index is 106. The summed E-state index contributed by atoms with van der Waals surface area (Å²) in [4.78, 5) is 9.99. The molecule has 0 saturated heterocycles. The molecular weight excluding hydrogens is 120 g/mol. The molecular formula is C5H12N2O2. The van der Waals surface area contributed by atoms with Crippen molar-refractivity contribution < 1.29 is 9.53 Å². The molecule has 4 N–H and O–H groups in total. The maximum Gasteiger partial charge on any atom is 0.404 e. The highest BCUT2D eigenvalue weighted by atomic mass is 16.5. The minimum atomic E-state index is -0.784. The Kier molecular flexibility index (Phi) is 2.45. The lowest BCUT2D eigenvalue weighted by molar-refractivity contribution is 0.134. The number of carbonyl (C=O) groups excluding carboxylic acids is 1. The first-order valence-corrected chi connectivity index (χ1v) is 2.63. The average Bonchev–Trinajstić information content (AvgIpc) is 1.59. The highest BCUT2D eigenvalue weighted by Gasteiger charge is 2.11. The molecule has 4 nitrogen and oxygen atoms in total. The van der Waals surface area contributed by atoms with E-state index in [-0.39, 0.29) is 6.61 Å². The van der Waals surface area contributed by atoms with Crippen molar-refractivity contribution >= 4 is 6.09 Å². The fourth-order valence-corrected chi connectivity index (χ4v) is 0.257. The number of ether oxygens (including phenoxy) is 1. The van der Waals surface area contributed by atoms with E-state index in [1.807, 2.05) is 0 Å². The quantitative estimate of drug-likeness (QED) is 0.547. The van der Waals surface area contributed by atoms with Crippen LogP contribution in [0.15, 0.2) is 0 Å². The van der Waals surface area contributed by atoms with E-state index in [0.717, 1.165) is 0 Å². The molecule has 0 aliphatic heterocycles. The van der Waals surface area contributed by atoms with Gasteiger partial charge in [0, 0.05) is 5.54 Å². The van der Waals surface area contributed by atoms with Gasteiger partial charge in [-0.15, -0.1) is 0 Å². The van der Waals surface area contributed by atoms with Gasteiger partial charge < -0.3 is 16.2 Å². The van der Waals surface area contributed by atoms with Crippen LogP contribution in [0.4, 0.5) is 4.79 Å². The van der Waals surface area contributed by atoms with Crippen LogP contribution in [-0.2, 0) is 4.74 Å². The van der Waals surface area contributed by atoms with Gasteiger partial charge in [0.25, 0.3) is 0 Å². The molecule has 0 fully saturated rings. The molecule has 0 spiro atoms. The lowest BCUT2D eigenvalue weighted by Crippen LogP contribution is -2.39. The van der Waals surface area contributed by atoms with Gasteiger partial charge in [-0.1, -0.05) is 0 Å². The number of nitrogens with two attached hydrogens (primary N) is 2. The minimum Gasteiger partial charge on any atom is -0.448 e. The maximum atomic E-state index is 9.99. The van der Waals surface area contributed by atoms with Crippen LogP contribution in [0.1, 0.15) is 13.8 Å². The van der Waals surface area contributed by atoms with Crippen molar-refractivity contribution in [2.24, 2.45) is 11.5 Å². The summed E-state index contributed by atoms with van der Waals surface area (Å²) in [6.07, 6.45) is -0.784. The normalized spacial score (nSPS) is 11.0. The first-order chi connectivity index (χ1) is 3.92. The van der Waals surface area contributed by atoms with Crippen LogP contribution in [0, 0.1) is 0 Å². The first kappa shape index (κ1) is 8.23. The van der Waals surface area contributed by atoms with E-state index in [1.54, 1.807) is 13.8 Å². The van der Waals surface area contributed by atoms with Crippen molar-refractivity contribution in [2.75, 3.05) is 6.61 Å². The summed E-state index contributed by atoms with van der Waals surface area (Å²) >= 11 is 0. The maximum absolute atomic E-state index is 9.99. The van der Waals surface area contributed by atoms with E-state index in [9.17, 15) is 4.79 Å². The van der Waals surface area contributed by atoms with Crippen LogP contribution in [0.3, 0.4) is 0 Å². The van der Waals surface area contributed by atoms with Crippen LogP contribution in [-0.4, -0.2) is 18.2 Å². The van der Waals surface area contributed by atoms with Crippen LogP contribution >= 0.6 is 0 Å². The molecule has 0 radical (unpaired) electrons. The van der Waals surface area contributed by atoms with Gasteiger partial charge in [0.05, 0.1) is 0 Å². The largest absolute Gasteiger partial charge is 0.448 e. The molecule has 54 valence electrons. The summed E-state index contributed by atoms with van der Waals surface area (Å²) < 4.78 is 4.42. The summed E-state index contributed by atoms with van der Waals surface area (Å²) in [6, 6.07) is 0. The summed E-state index contributed by atoms with van der Waals surface area (Å²) in [7, 11) is 0. The van der Waals surface area contributed by atoms with Gasteiger partial charge in [-0.3, -0.25) is 0 Å². The summed E-state index contributed by atoms with van der Waals surface area (Å²) in [5.41, 5.74) is 9.64. The lowest BCUT2D eigenvalue weighted by Gasteiger charge is -2.16. The SMILES string of the molecule is CC(C)(N)COC(N)=O. The molecule has 0 aromatic heterocycles. The van der Waals surface area contributed by atoms with E-state index in [1.165, 1.54) is 0 Å². The molecule has 0 aliphatic carbocycles. The Hall–Kier alpha value is -0.770. The monoisotopic (exact) mass is 132 g/mol. The number of hydrogen-bond donors (Lipinski definition) is 2. The van der Waals surface area contributed by atoms with Crippen molar-refractivity contribution in [3.8, 4) is 0 Å². The molecule has 9 heavy (non-hydrogen) atoms. The molecule has 0 saturated carbocycles. The lowest BCUT2D eigenvalue weighted by atomic mass is 10.1. The topological polar surface area (TPSA) is 78.3 Å². The van der Waals surface area contributed by atoms with Crippen LogP contribution in [0.2, 0.25) is 0 Å².